The lowest BCUT2D eigenvalue weighted by Gasteiger charge is -2.27. The summed E-state index contributed by atoms with van der Waals surface area (Å²) in [6, 6.07) is 0. The van der Waals surface area contributed by atoms with Crippen LogP contribution in [0.25, 0.3) is 0 Å². The number of aliphatic hydroxyl groups excluding tert-OH is 1. The fraction of sp³-hybridized carbons (Fsp3) is 1.00. The molecule has 3 heteroatoms. The van der Waals surface area contributed by atoms with E-state index in [-0.39, 0.29) is 11.7 Å². The molecular weight excluding hydrogens is 238 g/mol. The fourth-order valence-electron chi connectivity index (χ4n) is 4.32. The monoisotopic (exact) mass is 267 g/mol. The van der Waals surface area contributed by atoms with Crippen molar-refractivity contribution in [3.05, 3.63) is 0 Å². The minimum atomic E-state index is -0.0509. The van der Waals surface area contributed by atoms with E-state index in [0.717, 1.165) is 25.9 Å². The summed E-state index contributed by atoms with van der Waals surface area (Å²) in [5.74, 6) is 0.672. The van der Waals surface area contributed by atoms with Crippen LogP contribution in [0.4, 0.5) is 0 Å². The highest BCUT2D eigenvalue weighted by Crippen LogP contribution is 2.43. The van der Waals surface area contributed by atoms with Gasteiger partial charge < -0.3 is 15.2 Å². The Hall–Kier alpha value is -0.120. The van der Waals surface area contributed by atoms with Gasteiger partial charge >= 0.3 is 0 Å². The summed E-state index contributed by atoms with van der Waals surface area (Å²) in [4.78, 5) is 0. The Kier molecular flexibility index (Phi) is 4.45. The molecule has 1 spiro atoms. The maximum absolute atomic E-state index is 9.68. The molecule has 110 valence electrons. The van der Waals surface area contributed by atoms with Crippen LogP contribution in [0.5, 0.6) is 0 Å². The number of ether oxygens (including phenoxy) is 1. The van der Waals surface area contributed by atoms with E-state index >= 15 is 0 Å². The largest absolute Gasteiger partial charge is 0.393 e. The third-order valence-corrected chi connectivity index (χ3v) is 5.41. The molecule has 3 atom stereocenters. The van der Waals surface area contributed by atoms with Crippen molar-refractivity contribution < 1.29 is 9.84 Å². The lowest BCUT2D eigenvalue weighted by atomic mass is 9.87. The third kappa shape index (κ3) is 3.50. The van der Waals surface area contributed by atoms with Gasteiger partial charge in [0.05, 0.1) is 17.8 Å². The molecule has 3 unspecified atom stereocenters. The average molecular weight is 267 g/mol. The SMILES string of the molecule is OC1CCCC(CNCC2CCC3(CCCC3)O2)C1. The van der Waals surface area contributed by atoms with Crippen molar-refractivity contribution in [2.24, 2.45) is 5.92 Å². The van der Waals surface area contributed by atoms with Crippen LogP contribution >= 0.6 is 0 Å². The Labute approximate surface area is 117 Å². The third-order valence-electron chi connectivity index (χ3n) is 5.41. The summed E-state index contributed by atoms with van der Waals surface area (Å²) >= 11 is 0. The first-order valence-electron chi connectivity index (χ1n) is 8.32. The van der Waals surface area contributed by atoms with Gasteiger partial charge in [0, 0.05) is 6.54 Å². The molecule has 2 saturated carbocycles. The highest BCUT2D eigenvalue weighted by atomic mass is 16.5. The van der Waals surface area contributed by atoms with Gasteiger partial charge in [-0.1, -0.05) is 19.3 Å². The molecule has 0 aromatic rings. The molecule has 3 fully saturated rings. The molecule has 3 rings (SSSR count). The van der Waals surface area contributed by atoms with E-state index in [1.807, 2.05) is 0 Å². The molecule has 1 saturated heterocycles. The van der Waals surface area contributed by atoms with Crippen molar-refractivity contribution in [3.63, 3.8) is 0 Å². The molecule has 3 nitrogen and oxygen atoms in total. The second kappa shape index (κ2) is 6.11. The first-order valence-corrected chi connectivity index (χ1v) is 8.32. The topological polar surface area (TPSA) is 41.5 Å². The molecule has 2 N–H and O–H groups in total. The number of hydrogen-bond acceptors (Lipinski definition) is 3. The number of aliphatic hydroxyl groups is 1. The molecule has 1 heterocycles. The van der Waals surface area contributed by atoms with Crippen LogP contribution in [0.3, 0.4) is 0 Å². The van der Waals surface area contributed by atoms with Gasteiger partial charge in [-0.25, -0.2) is 0 Å². The normalized spacial score (nSPS) is 38.1. The lowest BCUT2D eigenvalue weighted by Crippen LogP contribution is -2.35. The van der Waals surface area contributed by atoms with E-state index < -0.39 is 0 Å². The predicted octanol–water partition coefficient (Wildman–Crippen LogP) is 2.62. The maximum Gasteiger partial charge on any atom is 0.0708 e. The number of rotatable bonds is 4. The molecule has 0 radical (unpaired) electrons. The first-order chi connectivity index (χ1) is 9.26. The molecule has 0 bridgehead atoms. The summed E-state index contributed by atoms with van der Waals surface area (Å²) in [6.45, 7) is 2.07. The van der Waals surface area contributed by atoms with E-state index in [0.29, 0.717) is 12.0 Å². The fourth-order valence-corrected chi connectivity index (χ4v) is 4.32. The predicted molar refractivity (Wildman–Crippen MR) is 76.1 cm³/mol. The zero-order chi connectivity index (χ0) is 13.1. The van der Waals surface area contributed by atoms with Gasteiger partial charge in [0.15, 0.2) is 0 Å². The average Bonchev–Trinajstić information content (AvgIpc) is 3.01. The lowest BCUT2D eigenvalue weighted by molar-refractivity contribution is -0.0355. The van der Waals surface area contributed by atoms with Crippen molar-refractivity contribution in [3.8, 4) is 0 Å². The molecule has 2 aliphatic carbocycles. The summed E-state index contributed by atoms with van der Waals surface area (Å²) in [6.07, 6.45) is 12.7. The quantitative estimate of drug-likeness (QED) is 0.823. The van der Waals surface area contributed by atoms with Crippen LogP contribution in [0.1, 0.15) is 64.2 Å². The van der Waals surface area contributed by atoms with E-state index in [4.69, 9.17) is 4.74 Å². The summed E-state index contributed by atoms with van der Waals surface area (Å²) in [7, 11) is 0. The van der Waals surface area contributed by atoms with Gasteiger partial charge in [-0.2, -0.15) is 0 Å². The van der Waals surface area contributed by atoms with Crippen LogP contribution in [-0.4, -0.2) is 36.0 Å². The minimum absolute atomic E-state index is 0.0509. The smallest absolute Gasteiger partial charge is 0.0708 e. The summed E-state index contributed by atoms with van der Waals surface area (Å²) in [5, 5.41) is 13.3. The van der Waals surface area contributed by atoms with Gasteiger partial charge in [-0.3, -0.25) is 0 Å². The van der Waals surface area contributed by atoms with Gasteiger partial charge in [0.1, 0.15) is 0 Å². The van der Waals surface area contributed by atoms with Crippen LogP contribution in [0, 0.1) is 5.92 Å². The summed E-state index contributed by atoms with van der Waals surface area (Å²) < 4.78 is 6.31. The molecular formula is C16H29NO2. The van der Waals surface area contributed by atoms with E-state index in [9.17, 15) is 5.11 Å². The van der Waals surface area contributed by atoms with Crippen LogP contribution in [0.2, 0.25) is 0 Å². The zero-order valence-electron chi connectivity index (χ0n) is 12.1. The maximum atomic E-state index is 9.68. The standard InChI is InChI=1S/C16H29NO2/c18-14-5-3-4-13(10-14)11-17-12-15-6-9-16(19-15)7-1-2-8-16/h13-15,17-18H,1-12H2. The van der Waals surface area contributed by atoms with Crippen LogP contribution in [-0.2, 0) is 4.74 Å². The van der Waals surface area contributed by atoms with Gasteiger partial charge in [0.25, 0.3) is 0 Å². The second-order valence-corrected chi connectivity index (χ2v) is 7.01. The second-order valence-electron chi connectivity index (χ2n) is 7.01. The van der Waals surface area contributed by atoms with Gasteiger partial charge in [-0.15, -0.1) is 0 Å². The Morgan fingerprint density at radius 2 is 1.84 bits per heavy atom. The highest BCUT2D eigenvalue weighted by Gasteiger charge is 2.41. The molecule has 1 aliphatic heterocycles. The van der Waals surface area contributed by atoms with Crippen LogP contribution < -0.4 is 5.32 Å². The molecule has 19 heavy (non-hydrogen) atoms. The molecule has 0 aromatic heterocycles. The Balaban J connectivity index is 1.34. The Morgan fingerprint density at radius 1 is 1.00 bits per heavy atom. The van der Waals surface area contributed by atoms with Gasteiger partial charge in [0.2, 0.25) is 0 Å². The van der Waals surface area contributed by atoms with Crippen molar-refractivity contribution >= 4 is 0 Å². The van der Waals surface area contributed by atoms with E-state index in [2.05, 4.69) is 5.32 Å². The summed E-state index contributed by atoms with van der Waals surface area (Å²) in [5.41, 5.74) is 0.271. The van der Waals surface area contributed by atoms with Crippen molar-refractivity contribution in [2.75, 3.05) is 13.1 Å². The first kappa shape index (κ1) is 13.8. The van der Waals surface area contributed by atoms with Crippen molar-refractivity contribution in [1.82, 2.24) is 5.32 Å². The number of nitrogens with one attached hydrogen (secondary N) is 1. The number of hydrogen-bond donors (Lipinski definition) is 2. The van der Waals surface area contributed by atoms with Crippen LogP contribution in [0.15, 0.2) is 0 Å². The van der Waals surface area contributed by atoms with Crippen molar-refractivity contribution in [1.29, 1.82) is 0 Å². The zero-order valence-corrected chi connectivity index (χ0v) is 12.1. The van der Waals surface area contributed by atoms with E-state index in [1.165, 1.54) is 51.4 Å². The molecule has 0 aromatic carbocycles. The van der Waals surface area contributed by atoms with Crippen molar-refractivity contribution in [2.45, 2.75) is 82.0 Å². The Morgan fingerprint density at radius 3 is 2.63 bits per heavy atom. The highest BCUT2D eigenvalue weighted by molar-refractivity contribution is 4.93. The van der Waals surface area contributed by atoms with E-state index in [1.54, 1.807) is 0 Å². The minimum Gasteiger partial charge on any atom is -0.393 e. The molecule has 0 amide bonds. The Bertz CT molecular complexity index is 288. The molecule has 3 aliphatic rings. The van der Waals surface area contributed by atoms with Gasteiger partial charge in [-0.05, 0) is 57.4 Å².